The molecule has 88 valence electrons. The second-order valence-corrected chi connectivity index (χ2v) is 4.49. The molecule has 2 aromatic rings. The van der Waals surface area contributed by atoms with Crippen LogP contribution in [-0.4, -0.2) is 11.8 Å². The zero-order chi connectivity index (χ0) is 12.0. The van der Waals surface area contributed by atoms with E-state index in [4.69, 9.17) is 9.47 Å². The number of H-pyrrole nitrogens is 1. The first-order chi connectivity index (χ1) is 8.15. The first-order valence-corrected chi connectivity index (χ1v) is 5.62. The molecule has 1 aliphatic rings. The molecular formula is C13H13NO3. The molecule has 1 aliphatic heterocycles. The lowest BCUT2D eigenvalue weighted by atomic mass is 10.1. The van der Waals surface area contributed by atoms with Crippen molar-refractivity contribution in [3.8, 4) is 11.5 Å². The summed E-state index contributed by atoms with van der Waals surface area (Å²) in [7, 11) is 0. The average molecular weight is 231 g/mol. The third kappa shape index (κ3) is 1.56. The number of hydrogen-bond donors (Lipinski definition) is 1. The molecule has 0 fully saturated rings. The van der Waals surface area contributed by atoms with Gasteiger partial charge in [0.1, 0.15) is 0 Å². The van der Waals surface area contributed by atoms with E-state index in [0.29, 0.717) is 16.9 Å². The molecule has 0 atom stereocenters. The minimum Gasteiger partial charge on any atom is -0.454 e. The van der Waals surface area contributed by atoms with Crippen molar-refractivity contribution in [2.24, 2.45) is 0 Å². The van der Waals surface area contributed by atoms with Crippen molar-refractivity contribution in [3.63, 3.8) is 0 Å². The molecule has 0 aliphatic carbocycles. The molecule has 0 bridgehead atoms. The second kappa shape index (κ2) is 3.52. The van der Waals surface area contributed by atoms with Gasteiger partial charge in [0.05, 0.1) is 5.52 Å². The minimum atomic E-state index is 0.0146. The Morgan fingerprint density at radius 3 is 2.59 bits per heavy atom. The molecule has 0 unspecified atom stereocenters. The fourth-order valence-corrected chi connectivity index (χ4v) is 1.97. The third-order valence-corrected chi connectivity index (χ3v) is 2.97. The minimum absolute atomic E-state index is 0.0146. The van der Waals surface area contributed by atoms with Gasteiger partial charge in [-0.25, -0.2) is 0 Å². The van der Waals surface area contributed by atoms with Crippen LogP contribution < -0.4 is 14.9 Å². The Hall–Kier alpha value is -1.97. The average Bonchev–Trinajstić information content (AvgIpc) is 2.73. The molecule has 1 N–H and O–H groups in total. The standard InChI is InChI=1S/C13H13NO3/c1-7(2)9-4-11(15)8-3-12-13(17-6-16-12)5-10(8)14-9/h3-5,7H,6H2,1-2H3,(H,14,15). The highest BCUT2D eigenvalue weighted by Crippen LogP contribution is 2.34. The van der Waals surface area contributed by atoms with Crippen LogP contribution in [0.25, 0.3) is 10.9 Å². The zero-order valence-electron chi connectivity index (χ0n) is 9.74. The Morgan fingerprint density at radius 1 is 1.18 bits per heavy atom. The van der Waals surface area contributed by atoms with E-state index < -0.39 is 0 Å². The Kier molecular flexibility index (Phi) is 2.11. The van der Waals surface area contributed by atoms with Gasteiger partial charge in [0.15, 0.2) is 16.9 Å². The first-order valence-electron chi connectivity index (χ1n) is 5.62. The zero-order valence-corrected chi connectivity index (χ0v) is 9.74. The van der Waals surface area contributed by atoms with Crippen LogP contribution >= 0.6 is 0 Å². The van der Waals surface area contributed by atoms with Crippen LogP contribution in [-0.2, 0) is 0 Å². The van der Waals surface area contributed by atoms with Crippen molar-refractivity contribution >= 4 is 10.9 Å². The number of fused-ring (bicyclic) bond motifs is 2. The highest BCUT2D eigenvalue weighted by atomic mass is 16.7. The molecule has 3 rings (SSSR count). The largest absolute Gasteiger partial charge is 0.454 e. The van der Waals surface area contributed by atoms with Gasteiger partial charge < -0.3 is 14.5 Å². The molecule has 17 heavy (non-hydrogen) atoms. The molecular weight excluding hydrogens is 218 g/mol. The summed E-state index contributed by atoms with van der Waals surface area (Å²) in [5, 5.41) is 0.638. The summed E-state index contributed by atoms with van der Waals surface area (Å²) in [5.74, 6) is 1.62. The van der Waals surface area contributed by atoms with Crippen LogP contribution in [0.3, 0.4) is 0 Å². The lowest BCUT2D eigenvalue weighted by Crippen LogP contribution is -2.06. The summed E-state index contributed by atoms with van der Waals surface area (Å²) >= 11 is 0. The summed E-state index contributed by atoms with van der Waals surface area (Å²) in [6.07, 6.45) is 0. The number of hydrogen-bond acceptors (Lipinski definition) is 3. The van der Waals surface area contributed by atoms with E-state index in [1.807, 2.05) is 19.9 Å². The summed E-state index contributed by atoms with van der Waals surface area (Å²) in [5.41, 5.74) is 1.74. The van der Waals surface area contributed by atoms with Crippen LogP contribution in [0.1, 0.15) is 25.5 Å². The van der Waals surface area contributed by atoms with E-state index in [1.54, 1.807) is 12.1 Å². The highest BCUT2D eigenvalue weighted by Gasteiger charge is 2.16. The van der Waals surface area contributed by atoms with Crippen molar-refractivity contribution < 1.29 is 9.47 Å². The van der Waals surface area contributed by atoms with Gasteiger partial charge in [-0.15, -0.1) is 0 Å². The number of benzene rings is 1. The van der Waals surface area contributed by atoms with Crippen LogP contribution in [0.4, 0.5) is 0 Å². The Morgan fingerprint density at radius 2 is 1.88 bits per heavy atom. The maximum absolute atomic E-state index is 12.0. The smallest absolute Gasteiger partial charge is 0.231 e. The molecule has 1 aromatic heterocycles. The third-order valence-electron chi connectivity index (χ3n) is 2.97. The van der Waals surface area contributed by atoms with Gasteiger partial charge in [0.25, 0.3) is 0 Å². The van der Waals surface area contributed by atoms with Crippen LogP contribution in [0.5, 0.6) is 11.5 Å². The Labute approximate surface area is 98.2 Å². The number of aromatic amines is 1. The summed E-state index contributed by atoms with van der Waals surface area (Å²) in [6, 6.07) is 5.21. The molecule has 0 saturated carbocycles. The maximum atomic E-state index is 12.0. The van der Waals surface area contributed by atoms with E-state index >= 15 is 0 Å². The van der Waals surface area contributed by atoms with Crippen LogP contribution in [0.2, 0.25) is 0 Å². The lowest BCUT2D eigenvalue weighted by molar-refractivity contribution is 0.174. The summed E-state index contributed by atoms with van der Waals surface area (Å²) in [6.45, 7) is 4.31. The van der Waals surface area contributed by atoms with Gasteiger partial charge >= 0.3 is 0 Å². The number of rotatable bonds is 1. The van der Waals surface area contributed by atoms with Crippen molar-refractivity contribution in [3.05, 3.63) is 34.1 Å². The first kappa shape index (κ1) is 10.2. The molecule has 1 aromatic carbocycles. The maximum Gasteiger partial charge on any atom is 0.231 e. The molecule has 0 spiro atoms. The lowest BCUT2D eigenvalue weighted by Gasteiger charge is -2.07. The fourth-order valence-electron chi connectivity index (χ4n) is 1.97. The van der Waals surface area contributed by atoms with Crippen molar-refractivity contribution in [2.45, 2.75) is 19.8 Å². The fraction of sp³-hybridized carbons (Fsp3) is 0.308. The quantitative estimate of drug-likeness (QED) is 0.819. The number of ether oxygens (including phenoxy) is 2. The number of aromatic nitrogens is 1. The van der Waals surface area contributed by atoms with Gasteiger partial charge in [-0.1, -0.05) is 13.8 Å². The van der Waals surface area contributed by atoms with E-state index in [1.165, 1.54) is 0 Å². The molecule has 4 nitrogen and oxygen atoms in total. The molecule has 0 saturated heterocycles. The summed E-state index contributed by atoms with van der Waals surface area (Å²) in [4.78, 5) is 15.2. The van der Waals surface area contributed by atoms with Gasteiger partial charge in [-0.2, -0.15) is 0 Å². The van der Waals surface area contributed by atoms with Crippen molar-refractivity contribution in [1.82, 2.24) is 4.98 Å². The monoisotopic (exact) mass is 231 g/mol. The van der Waals surface area contributed by atoms with Crippen molar-refractivity contribution in [1.29, 1.82) is 0 Å². The van der Waals surface area contributed by atoms with Crippen LogP contribution in [0.15, 0.2) is 23.0 Å². The van der Waals surface area contributed by atoms with Gasteiger partial charge in [-0.05, 0) is 12.0 Å². The Bertz CT molecular complexity index is 643. The van der Waals surface area contributed by atoms with Crippen LogP contribution in [0, 0.1) is 0 Å². The predicted molar refractivity (Wildman–Crippen MR) is 64.8 cm³/mol. The second-order valence-electron chi connectivity index (χ2n) is 4.49. The van der Waals surface area contributed by atoms with Crippen molar-refractivity contribution in [2.75, 3.05) is 6.79 Å². The molecule has 0 amide bonds. The predicted octanol–water partition coefficient (Wildman–Crippen LogP) is 2.38. The highest BCUT2D eigenvalue weighted by molar-refractivity contribution is 5.83. The van der Waals surface area contributed by atoms with E-state index in [-0.39, 0.29) is 18.1 Å². The van der Waals surface area contributed by atoms with Gasteiger partial charge in [0, 0.05) is 23.2 Å². The number of pyridine rings is 1. The van der Waals surface area contributed by atoms with E-state index in [0.717, 1.165) is 11.2 Å². The SMILES string of the molecule is CC(C)c1cc(=O)c2cc3c(cc2[nH]1)OCO3. The molecule has 0 radical (unpaired) electrons. The Balaban J connectivity index is 2.32. The van der Waals surface area contributed by atoms with E-state index in [9.17, 15) is 4.79 Å². The molecule has 4 heteroatoms. The number of nitrogens with one attached hydrogen (secondary N) is 1. The van der Waals surface area contributed by atoms with E-state index in [2.05, 4.69) is 4.98 Å². The van der Waals surface area contributed by atoms with Gasteiger partial charge in [0.2, 0.25) is 6.79 Å². The normalized spacial score (nSPS) is 13.6. The topological polar surface area (TPSA) is 51.3 Å². The molecule has 2 heterocycles. The van der Waals surface area contributed by atoms with Gasteiger partial charge in [-0.3, -0.25) is 4.79 Å². The summed E-state index contributed by atoms with van der Waals surface area (Å²) < 4.78 is 10.6.